The van der Waals surface area contributed by atoms with Crippen molar-refractivity contribution < 1.29 is 9.18 Å². The molecule has 0 N–H and O–H groups in total. The molecule has 0 atom stereocenters. The first-order valence-corrected chi connectivity index (χ1v) is 9.59. The van der Waals surface area contributed by atoms with Gasteiger partial charge in [-0.1, -0.05) is 24.3 Å². The second kappa shape index (κ2) is 7.00. The fourth-order valence-corrected chi connectivity index (χ4v) is 4.46. The molecule has 0 aliphatic heterocycles. The molecule has 5 heteroatoms. The average Bonchev–Trinajstić information content (AvgIpc) is 3.07. The number of nitrogens with zero attached hydrogens (tertiary/aromatic N) is 2. The number of amides is 1. The second-order valence-corrected chi connectivity index (χ2v) is 7.57. The molecule has 132 valence electrons. The van der Waals surface area contributed by atoms with Crippen LogP contribution in [0.3, 0.4) is 0 Å². The van der Waals surface area contributed by atoms with Crippen molar-refractivity contribution in [1.82, 2.24) is 4.98 Å². The molecule has 1 amide bonds. The van der Waals surface area contributed by atoms with Gasteiger partial charge in [0.15, 0.2) is 5.13 Å². The first kappa shape index (κ1) is 16.9. The fraction of sp³-hybridized carbons (Fsp3) is 0.238. The minimum atomic E-state index is -0.418. The lowest BCUT2D eigenvalue weighted by atomic mass is 10.0. The summed E-state index contributed by atoms with van der Waals surface area (Å²) in [6.45, 7) is 1.97. The number of para-hydroxylation sites is 1. The number of aromatic nitrogens is 1. The van der Waals surface area contributed by atoms with E-state index in [1.165, 1.54) is 17.0 Å². The van der Waals surface area contributed by atoms with E-state index in [1.807, 2.05) is 31.2 Å². The summed E-state index contributed by atoms with van der Waals surface area (Å²) < 4.78 is 13.7. The summed E-state index contributed by atoms with van der Waals surface area (Å²) >= 11 is 1.57. The van der Waals surface area contributed by atoms with Gasteiger partial charge in [-0.05, 0) is 62.4 Å². The third kappa shape index (κ3) is 3.15. The standard InChI is InChI=1S/C21H19FN2OS/c1-14-7-2-4-11-18(14)24(20(25)15-8-6-9-16(22)13-15)21-23-17-10-3-5-12-19(17)26-21/h2,4,6-9,11,13H,3,5,10,12H2,1H3. The molecule has 3 aromatic rings. The Kier molecular flexibility index (Phi) is 4.55. The molecule has 1 aromatic heterocycles. The summed E-state index contributed by atoms with van der Waals surface area (Å²) in [6, 6.07) is 13.5. The van der Waals surface area contributed by atoms with Gasteiger partial charge in [-0.2, -0.15) is 0 Å². The van der Waals surface area contributed by atoms with Crippen LogP contribution in [0.4, 0.5) is 15.2 Å². The number of halogens is 1. The highest BCUT2D eigenvalue weighted by Crippen LogP contribution is 2.37. The van der Waals surface area contributed by atoms with E-state index in [4.69, 9.17) is 4.98 Å². The predicted molar refractivity (Wildman–Crippen MR) is 103 cm³/mol. The number of anilines is 2. The van der Waals surface area contributed by atoms with E-state index in [0.29, 0.717) is 10.7 Å². The number of fused-ring (bicyclic) bond motifs is 1. The minimum absolute atomic E-state index is 0.259. The molecule has 0 bridgehead atoms. The van der Waals surface area contributed by atoms with E-state index < -0.39 is 5.82 Å². The van der Waals surface area contributed by atoms with Gasteiger partial charge in [0, 0.05) is 10.4 Å². The molecule has 0 fully saturated rings. The molecule has 1 aliphatic rings. The lowest BCUT2D eigenvalue weighted by Gasteiger charge is -2.22. The zero-order chi connectivity index (χ0) is 18.1. The monoisotopic (exact) mass is 366 g/mol. The van der Waals surface area contributed by atoms with E-state index in [2.05, 4.69) is 0 Å². The first-order valence-electron chi connectivity index (χ1n) is 8.78. The Balaban J connectivity index is 1.83. The van der Waals surface area contributed by atoms with E-state index in [0.717, 1.165) is 42.6 Å². The normalized spacial score (nSPS) is 13.3. The van der Waals surface area contributed by atoms with Crippen molar-refractivity contribution in [2.24, 2.45) is 0 Å². The number of carbonyl (C=O) groups excluding carboxylic acids is 1. The lowest BCUT2D eigenvalue weighted by molar-refractivity contribution is 0.0998. The van der Waals surface area contributed by atoms with Crippen LogP contribution in [-0.2, 0) is 12.8 Å². The van der Waals surface area contributed by atoms with Crippen molar-refractivity contribution in [2.75, 3.05) is 4.90 Å². The Morgan fingerprint density at radius 1 is 1.12 bits per heavy atom. The highest BCUT2D eigenvalue weighted by molar-refractivity contribution is 7.16. The minimum Gasteiger partial charge on any atom is -0.268 e. The van der Waals surface area contributed by atoms with Crippen molar-refractivity contribution in [3.63, 3.8) is 0 Å². The van der Waals surface area contributed by atoms with Crippen molar-refractivity contribution in [3.05, 3.63) is 76.0 Å². The van der Waals surface area contributed by atoms with Gasteiger partial charge in [-0.15, -0.1) is 11.3 Å². The fourth-order valence-electron chi connectivity index (χ4n) is 3.30. The molecule has 2 aromatic carbocycles. The Hall–Kier alpha value is -2.53. The molecular weight excluding hydrogens is 347 g/mol. The maximum atomic E-state index is 13.7. The van der Waals surface area contributed by atoms with Gasteiger partial charge < -0.3 is 0 Å². The zero-order valence-electron chi connectivity index (χ0n) is 14.5. The van der Waals surface area contributed by atoms with Gasteiger partial charge >= 0.3 is 0 Å². The number of hydrogen-bond acceptors (Lipinski definition) is 3. The smallest absolute Gasteiger partial charge is 0.264 e. The maximum absolute atomic E-state index is 13.7. The third-order valence-electron chi connectivity index (χ3n) is 4.66. The SMILES string of the molecule is Cc1ccccc1N(C(=O)c1cccc(F)c1)c1nc2c(s1)CCCC2. The number of hydrogen-bond donors (Lipinski definition) is 0. The zero-order valence-corrected chi connectivity index (χ0v) is 15.4. The van der Waals surface area contributed by atoms with E-state index in [-0.39, 0.29) is 5.91 Å². The topological polar surface area (TPSA) is 33.2 Å². The summed E-state index contributed by atoms with van der Waals surface area (Å²) in [5.74, 6) is -0.677. The molecule has 1 heterocycles. The van der Waals surface area contributed by atoms with Gasteiger partial charge in [0.05, 0.1) is 11.4 Å². The van der Waals surface area contributed by atoms with E-state index >= 15 is 0 Å². The summed E-state index contributed by atoms with van der Waals surface area (Å²) in [5, 5.41) is 0.667. The van der Waals surface area contributed by atoms with Crippen LogP contribution < -0.4 is 4.90 Å². The molecule has 0 unspecified atom stereocenters. The number of carbonyl (C=O) groups is 1. The van der Waals surface area contributed by atoms with Gasteiger partial charge in [0.1, 0.15) is 5.82 Å². The number of rotatable bonds is 3. The molecule has 0 spiro atoms. The summed E-state index contributed by atoms with van der Waals surface area (Å²) in [7, 11) is 0. The van der Waals surface area contributed by atoms with Gasteiger partial charge in [-0.3, -0.25) is 9.69 Å². The molecule has 0 saturated carbocycles. The highest BCUT2D eigenvalue weighted by atomic mass is 32.1. The van der Waals surface area contributed by atoms with Crippen molar-refractivity contribution in [3.8, 4) is 0 Å². The Morgan fingerprint density at radius 2 is 1.92 bits per heavy atom. The summed E-state index contributed by atoms with van der Waals surface area (Å²) in [5.41, 5.74) is 3.18. The summed E-state index contributed by atoms with van der Waals surface area (Å²) in [6.07, 6.45) is 4.28. The maximum Gasteiger partial charge on any atom is 0.264 e. The number of thiazole rings is 1. The molecule has 4 rings (SSSR count). The number of benzene rings is 2. The molecule has 0 saturated heterocycles. The van der Waals surface area contributed by atoms with Crippen LogP contribution >= 0.6 is 11.3 Å². The molecular formula is C21H19FN2OS. The van der Waals surface area contributed by atoms with Crippen LogP contribution in [0.5, 0.6) is 0 Å². The van der Waals surface area contributed by atoms with Crippen molar-refractivity contribution in [2.45, 2.75) is 32.6 Å². The van der Waals surface area contributed by atoms with Crippen LogP contribution in [-0.4, -0.2) is 10.9 Å². The van der Waals surface area contributed by atoms with Gasteiger partial charge in [0.25, 0.3) is 5.91 Å². The highest BCUT2D eigenvalue weighted by Gasteiger charge is 2.26. The van der Waals surface area contributed by atoms with Crippen LogP contribution in [0.2, 0.25) is 0 Å². The van der Waals surface area contributed by atoms with Gasteiger partial charge in [0.2, 0.25) is 0 Å². The molecule has 0 radical (unpaired) electrons. The molecule has 26 heavy (non-hydrogen) atoms. The van der Waals surface area contributed by atoms with Crippen molar-refractivity contribution in [1.29, 1.82) is 0 Å². The number of aryl methyl sites for hydroxylation is 3. The summed E-state index contributed by atoms with van der Waals surface area (Å²) in [4.78, 5) is 20.9. The van der Waals surface area contributed by atoms with E-state index in [9.17, 15) is 9.18 Å². The van der Waals surface area contributed by atoms with Crippen LogP contribution in [0, 0.1) is 12.7 Å². The Morgan fingerprint density at radius 3 is 2.69 bits per heavy atom. The average molecular weight is 366 g/mol. The first-order chi connectivity index (χ1) is 12.6. The molecule has 3 nitrogen and oxygen atoms in total. The quantitative estimate of drug-likeness (QED) is 0.618. The Labute approximate surface area is 156 Å². The van der Waals surface area contributed by atoms with Crippen LogP contribution in [0.25, 0.3) is 0 Å². The third-order valence-corrected chi connectivity index (χ3v) is 5.80. The largest absolute Gasteiger partial charge is 0.268 e. The predicted octanol–water partition coefficient (Wildman–Crippen LogP) is 5.45. The second-order valence-electron chi connectivity index (χ2n) is 6.51. The molecule has 1 aliphatic carbocycles. The van der Waals surface area contributed by atoms with Crippen LogP contribution in [0.1, 0.15) is 39.3 Å². The van der Waals surface area contributed by atoms with E-state index in [1.54, 1.807) is 28.4 Å². The lowest BCUT2D eigenvalue weighted by Crippen LogP contribution is -2.26. The van der Waals surface area contributed by atoms with Crippen molar-refractivity contribution >= 4 is 28.1 Å². The van der Waals surface area contributed by atoms with Crippen LogP contribution in [0.15, 0.2) is 48.5 Å². The Bertz CT molecular complexity index is 943. The van der Waals surface area contributed by atoms with Gasteiger partial charge in [-0.25, -0.2) is 9.37 Å².